The molecule has 0 radical (unpaired) electrons. The third-order valence-corrected chi connectivity index (χ3v) is 4.70. The Balaban J connectivity index is 2.16. The van der Waals surface area contributed by atoms with Crippen LogP contribution in [0.25, 0.3) is 0 Å². The van der Waals surface area contributed by atoms with Gasteiger partial charge in [-0.15, -0.1) is 0 Å². The Bertz CT molecular complexity index is 730. The summed E-state index contributed by atoms with van der Waals surface area (Å²) in [6.45, 7) is 4.09. The second kappa shape index (κ2) is 9.97. The summed E-state index contributed by atoms with van der Waals surface area (Å²) in [6, 6.07) is 16.1. The quantitative estimate of drug-likeness (QED) is 0.716. The smallest absolute Gasteiger partial charge is 0.253 e. The van der Waals surface area contributed by atoms with Crippen LogP contribution in [0.4, 0.5) is 0 Å². The molecule has 2 N–H and O–H groups in total. The van der Waals surface area contributed by atoms with Crippen molar-refractivity contribution in [3.8, 4) is 0 Å². The van der Waals surface area contributed by atoms with Crippen LogP contribution in [0.15, 0.2) is 54.6 Å². The average molecular weight is 373 g/mol. The van der Waals surface area contributed by atoms with Crippen molar-refractivity contribution in [3.63, 3.8) is 0 Å². The van der Waals surface area contributed by atoms with Gasteiger partial charge in [0.1, 0.15) is 0 Å². The van der Waals surface area contributed by atoms with Crippen LogP contribution in [0.1, 0.15) is 55.1 Å². The van der Waals surface area contributed by atoms with Crippen molar-refractivity contribution >= 4 is 23.4 Å². The molecule has 2 amide bonds. The second-order valence-electron chi connectivity index (χ2n) is 6.20. The number of hydrogen-bond donors (Lipinski definition) is 2. The van der Waals surface area contributed by atoms with Crippen LogP contribution in [0, 0.1) is 0 Å². The van der Waals surface area contributed by atoms with Gasteiger partial charge < -0.3 is 10.6 Å². The number of hydrogen-bond acceptors (Lipinski definition) is 2. The Morgan fingerprint density at radius 2 is 1.54 bits per heavy atom. The average Bonchev–Trinajstić information content (AvgIpc) is 2.66. The van der Waals surface area contributed by atoms with Gasteiger partial charge in [-0.3, -0.25) is 9.59 Å². The highest BCUT2D eigenvalue weighted by Gasteiger charge is 2.21. The van der Waals surface area contributed by atoms with Crippen LogP contribution in [0.3, 0.4) is 0 Å². The van der Waals surface area contributed by atoms with Crippen molar-refractivity contribution in [1.82, 2.24) is 10.6 Å². The molecule has 0 bridgehead atoms. The van der Waals surface area contributed by atoms with Gasteiger partial charge >= 0.3 is 0 Å². The normalized spacial score (nSPS) is 11.8. The molecule has 0 aromatic heterocycles. The fraction of sp³-hybridized carbons (Fsp3) is 0.333. The number of nitrogens with one attached hydrogen (secondary N) is 2. The molecule has 1 atom stereocenters. The molecule has 0 spiro atoms. The number of benzene rings is 2. The molecule has 2 rings (SSSR count). The van der Waals surface area contributed by atoms with Crippen LogP contribution < -0.4 is 10.6 Å². The lowest BCUT2D eigenvalue weighted by atomic mass is 10.0. The number of rotatable bonds is 8. The summed E-state index contributed by atoms with van der Waals surface area (Å²) in [4.78, 5) is 25.1. The Morgan fingerprint density at radius 3 is 2.15 bits per heavy atom. The first-order chi connectivity index (χ1) is 12.5. The molecule has 0 aliphatic carbocycles. The number of carbonyl (C=O) groups is 2. The molecule has 26 heavy (non-hydrogen) atoms. The molecule has 1 unspecified atom stereocenters. The predicted octanol–water partition coefficient (Wildman–Crippen LogP) is 4.51. The van der Waals surface area contributed by atoms with Gasteiger partial charge in [-0.25, -0.2) is 0 Å². The molecule has 0 saturated carbocycles. The molecule has 0 aliphatic heterocycles. The highest BCUT2D eigenvalue weighted by Crippen LogP contribution is 2.20. The fourth-order valence-corrected chi connectivity index (χ4v) is 3.01. The van der Waals surface area contributed by atoms with Crippen molar-refractivity contribution in [1.29, 1.82) is 0 Å². The highest BCUT2D eigenvalue weighted by atomic mass is 35.5. The lowest BCUT2D eigenvalue weighted by molar-refractivity contribution is -0.122. The van der Waals surface area contributed by atoms with Gasteiger partial charge in [0.25, 0.3) is 5.91 Å². The van der Waals surface area contributed by atoms with Crippen molar-refractivity contribution in [3.05, 3.63) is 70.7 Å². The second-order valence-corrected chi connectivity index (χ2v) is 6.61. The van der Waals surface area contributed by atoms with Crippen molar-refractivity contribution in [2.75, 3.05) is 0 Å². The molecule has 4 nitrogen and oxygen atoms in total. The summed E-state index contributed by atoms with van der Waals surface area (Å²) >= 11 is 6.12. The molecule has 5 heteroatoms. The van der Waals surface area contributed by atoms with Crippen LogP contribution in [0.2, 0.25) is 5.02 Å². The summed E-state index contributed by atoms with van der Waals surface area (Å²) in [6.07, 6.45) is 1.94. The summed E-state index contributed by atoms with van der Waals surface area (Å²) in [5.74, 6) is -0.369. The lowest BCUT2D eigenvalue weighted by Gasteiger charge is -2.21. The Morgan fingerprint density at radius 1 is 0.923 bits per heavy atom. The van der Waals surface area contributed by atoms with Crippen LogP contribution in [-0.2, 0) is 4.79 Å². The molecule has 0 aliphatic rings. The fourth-order valence-electron chi connectivity index (χ4n) is 2.78. The van der Waals surface area contributed by atoms with Crippen LogP contribution >= 0.6 is 11.6 Å². The van der Waals surface area contributed by atoms with E-state index in [-0.39, 0.29) is 24.3 Å². The Labute approximate surface area is 159 Å². The van der Waals surface area contributed by atoms with Gasteiger partial charge in [0, 0.05) is 6.04 Å². The molecular weight excluding hydrogens is 348 g/mol. The zero-order chi connectivity index (χ0) is 18.9. The zero-order valence-electron chi connectivity index (χ0n) is 15.2. The van der Waals surface area contributed by atoms with E-state index < -0.39 is 6.04 Å². The molecule has 2 aromatic carbocycles. The summed E-state index contributed by atoms with van der Waals surface area (Å²) in [5, 5.41) is 6.36. The van der Waals surface area contributed by atoms with E-state index in [4.69, 9.17) is 11.6 Å². The van der Waals surface area contributed by atoms with Gasteiger partial charge in [0.2, 0.25) is 5.91 Å². The van der Waals surface area contributed by atoms with Crippen LogP contribution in [0.5, 0.6) is 0 Å². The number of amides is 2. The van der Waals surface area contributed by atoms with Gasteiger partial charge in [0.05, 0.1) is 23.0 Å². The maximum atomic E-state index is 12.6. The molecule has 0 fully saturated rings. The first kappa shape index (κ1) is 20.0. The highest BCUT2D eigenvalue weighted by molar-refractivity contribution is 6.33. The molecular formula is C21H25ClN2O2. The SMILES string of the molecule is CCC(CC)NC(=O)CC(NC(=O)c1ccccc1Cl)c1ccccc1. The third kappa shape index (κ3) is 5.60. The Hall–Kier alpha value is -2.33. The molecule has 2 aromatic rings. The van der Waals surface area contributed by atoms with E-state index in [0.29, 0.717) is 10.6 Å². The van der Waals surface area contributed by atoms with E-state index in [1.165, 1.54) is 0 Å². The van der Waals surface area contributed by atoms with Gasteiger partial charge in [0.15, 0.2) is 0 Å². The van der Waals surface area contributed by atoms with E-state index >= 15 is 0 Å². The summed E-state index contributed by atoms with van der Waals surface area (Å²) in [5.41, 5.74) is 1.28. The third-order valence-electron chi connectivity index (χ3n) is 4.37. The van der Waals surface area contributed by atoms with Gasteiger partial charge in [-0.2, -0.15) is 0 Å². The van der Waals surface area contributed by atoms with E-state index in [1.807, 2.05) is 44.2 Å². The number of halogens is 1. The van der Waals surface area contributed by atoms with Gasteiger partial charge in [-0.05, 0) is 30.5 Å². The summed E-state index contributed by atoms with van der Waals surface area (Å²) < 4.78 is 0. The van der Waals surface area contributed by atoms with Crippen molar-refractivity contribution in [2.45, 2.75) is 45.2 Å². The minimum Gasteiger partial charge on any atom is -0.353 e. The van der Waals surface area contributed by atoms with E-state index in [1.54, 1.807) is 24.3 Å². The first-order valence-corrected chi connectivity index (χ1v) is 9.32. The standard InChI is InChI=1S/C21H25ClN2O2/c1-3-16(4-2)23-20(25)14-19(15-10-6-5-7-11-15)24-21(26)17-12-8-9-13-18(17)22/h5-13,16,19H,3-4,14H2,1-2H3,(H,23,25)(H,24,26). The monoisotopic (exact) mass is 372 g/mol. The lowest BCUT2D eigenvalue weighted by Crippen LogP contribution is -2.38. The first-order valence-electron chi connectivity index (χ1n) is 8.94. The van der Waals surface area contributed by atoms with Gasteiger partial charge in [-0.1, -0.05) is 67.9 Å². The topological polar surface area (TPSA) is 58.2 Å². The predicted molar refractivity (Wildman–Crippen MR) is 105 cm³/mol. The molecule has 0 saturated heterocycles. The van der Waals surface area contributed by atoms with E-state index in [0.717, 1.165) is 18.4 Å². The number of carbonyl (C=O) groups excluding carboxylic acids is 2. The molecule has 138 valence electrons. The summed E-state index contributed by atoms with van der Waals surface area (Å²) in [7, 11) is 0. The van der Waals surface area contributed by atoms with Crippen molar-refractivity contribution in [2.24, 2.45) is 0 Å². The van der Waals surface area contributed by atoms with E-state index in [2.05, 4.69) is 10.6 Å². The minimum atomic E-state index is -0.422. The maximum absolute atomic E-state index is 12.6. The zero-order valence-corrected chi connectivity index (χ0v) is 15.9. The van der Waals surface area contributed by atoms with Crippen molar-refractivity contribution < 1.29 is 9.59 Å². The van der Waals surface area contributed by atoms with E-state index in [9.17, 15) is 9.59 Å². The maximum Gasteiger partial charge on any atom is 0.253 e. The van der Waals surface area contributed by atoms with Crippen LogP contribution in [-0.4, -0.2) is 17.9 Å². The minimum absolute atomic E-state index is 0.0768. The molecule has 0 heterocycles. The Kier molecular flexibility index (Phi) is 7.67. The largest absolute Gasteiger partial charge is 0.353 e.